The zero-order valence-electron chi connectivity index (χ0n) is 12.1. The molecule has 1 aromatic rings. The van der Waals surface area contributed by atoms with E-state index in [1.807, 2.05) is 32.8 Å². The highest BCUT2D eigenvalue weighted by atomic mass is 19.1. The van der Waals surface area contributed by atoms with Crippen molar-refractivity contribution in [3.8, 4) is 0 Å². The van der Waals surface area contributed by atoms with Crippen LogP contribution < -0.4 is 0 Å². The summed E-state index contributed by atoms with van der Waals surface area (Å²) in [7, 11) is 3.80. The molecule has 0 amide bonds. The number of hydrogen-bond acceptors (Lipinski definition) is 2. The average molecular weight is 271 g/mol. The van der Waals surface area contributed by atoms with Gasteiger partial charge in [0.2, 0.25) is 0 Å². The van der Waals surface area contributed by atoms with Crippen LogP contribution in [0.25, 0.3) is 0 Å². The lowest BCUT2D eigenvalue weighted by molar-refractivity contribution is -0.0130. The number of likely N-dealkylation sites (N-methyl/N-ethyl adjacent to an activating group) is 1. The third kappa shape index (κ3) is 3.31. The summed E-state index contributed by atoms with van der Waals surface area (Å²) < 4.78 is 26.8. The van der Waals surface area contributed by atoms with Gasteiger partial charge >= 0.3 is 0 Å². The molecule has 0 heterocycles. The van der Waals surface area contributed by atoms with Crippen LogP contribution in [-0.2, 0) is 6.42 Å². The van der Waals surface area contributed by atoms with E-state index in [-0.39, 0.29) is 12.0 Å². The Morgan fingerprint density at radius 2 is 1.79 bits per heavy atom. The van der Waals surface area contributed by atoms with Crippen LogP contribution in [0.1, 0.15) is 32.3 Å². The maximum atomic E-state index is 13.6. The van der Waals surface area contributed by atoms with Gasteiger partial charge in [-0.05, 0) is 50.7 Å². The molecule has 0 spiro atoms. The molecule has 0 fully saturated rings. The van der Waals surface area contributed by atoms with E-state index in [9.17, 15) is 13.9 Å². The molecule has 0 aliphatic rings. The summed E-state index contributed by atoms with van der Waals surface area (Å²) in [6, 6.07) is 3.35. The Morgan fingerprint density at radius 1 is 1.21 bits per heavy atom. The Bertz CT molecular complexity index is 417. The molecule has 0 aliphatic heterocycles. The molecule has 1 unspecified atom stereocenters. The predicted octanol–water partition coefficient (Wildman–Crippen LogP) is 2.99. The van der Waals surface area contributed by atoms with Crippen LogP contribution >= 0.6 is 0 Å². The lowest BCUT2D eigenvalue weighted by atomic mass is 9.82. The van der Waals surface area contributed by atoms with Gasteiger partial charge in [0.1, 0.15) is 11.6 Å². The van der Waals surface area contributed by atoms with E-state index in [1.54, 1.807) is 0 Å². The molecule has 4 heteroatoms. The molecule has 1 aromatic carbocycles. The van der Waals surface area contributed by atoms with Crippen molar-refractivity contribution in [3.05, 3.63) is 35.4 Å². The summed E-state index contributed by atoms with van der Waals surface area (Å²) in [5.41, 5.74) is -0.195. The summed E-state index contributed by atoms with van der Waals surface area (Å²) in [4.78, 5) is 1.97. The first kappa shape index (κ1) is 16.1. The Labute approximate surface area is 114 Å². The number of benzene rings is 1. The lowest BCUT2D eigenvalue weighted by Gasteiger charge is -2.42. The minimum atomic E-state index is -0.742. The van der Waals surface area contributed by atoms with E-state index >= 15 is 0 Å². The van der Waals surface area contributed by atoms with Crippen molar-refractivity contribution in [2.75, 3.05) is 14.1 Å². The maximum Gasteiger partial charge on any atom is 0.126 e. The standard InChI is InChI=1S/C15H23F2NO/c1-5-15(6-2,18(3)4)14(19)10-11-9-12(16)7-8-13(11)17/h7-9,14,19H,5-6,10H2,1-4H3. The molecule has 1 atom stereocenters. The van der Waals surface area contributed by atoms with Gasteiger partial charge in [0.15, 0.2) is 0 Å². The second-order valence-corrected chi connectivity index (χ2v) is 5.16. The van der Waals surface area contributed by atoms with E-state index < -0.39 is 23.3 Å². The van der Waals surface area contributed by atoms with Gasteiger partial charge in [0.05, 0.1) is 6.10 Å². The molecule has 0 aromatic heterocycles. The highest BCUT2D eigenvalue weighted by Crippen LogP contribution is 2.28. The zero-order chi connectivity index (χ0) is 14.6. The Kier molecular flexibility index (Phi) is 5.44. The van der Waals surface area contributed by atoms with Crippen molar-refractivity contribution in [3.63, 3.8) is 0 Å². The van der Waals surface area contributed by atoms with Gasteiger partial charge in [-0.25, -0.2) is 8.78 Å². The topological polar surface area (TPSA) is 23.5 Å². The van der Waals surface area contributed by atoms with Crippen molar-refractivity contribution >= 4 is 0 Å². The predicted molar refractivity (Wildman–Crippen MR) is 73.1 cm³/mol. The average Bonchev–Trinajstić information content (AvgIpc) is 2.35. The molecule has 2 nitrogen and oxygen atoms in total. The highest BCUT2D eigenvalue weighted by Gasteiger charge is 2.37. The van der Waals surface area contributed by atoms with Crippen LogP contribution in [0.4, 0.5) is 8.78 Å². The van der Waals surface area contributed by atoms with E-state index in [0.29, 0.717) is 0 Å². The monoisotopic (exact) mass is 271 g/mol. The smallest absolute Gasteiger partial charge is 0.126 e. The number of rotatable bonds is 6. The number of aliphatic hydroxyl groups excluding tert-OH is 1. The largest absolute Gasteiger partial charge is 0.391 e. The second-order valence-electron chi connectivity index (χ2n) is 5.16. The Balaban J connectivity index is 2.99. The van der Waals surface area contributed by atoms with E-state index in [1.165, 1.54) is 0 Å². The van der Waals surface area contributed by atoms with Gasteiger partial charge < -0.3 is 10.0 Å². The highest BCUT2D eigenvalue weighted by molar-refractivity contribution is 5.20. The van der Waals surface area contributed by atoms with Gasteiger partial charge in [0, 0.05) is 12.0 Å². The summed E-state index contributed by atoms with van der Waals surface area (Å²) in [6.07, 6.45) is 0.862. The Morgan fingerprint density at radius 3 is 2.26 bits per heavy atom. The van der Waals surface area contributed by atoms with Gasteiger partial charge in [-0.2, -0.15) is 0 Å². The summed E-state index contributed by atoms with van der Waals surface area (Å²) in [5.74, 6) is -0.952. The van der Waals surface area contributed by atoms with Crippen molar-refractivity contribution in [2.24, 2.45) is 0 Å². The SMILES string of the molecule is CCC(CC)(C(O)Cc1cc(F)ccc1F)N(C)C. The number of nitrogens with zero attached hydrogens (tertiary/aromatic N) is 1. The van der Waals surface area contributed by atoms with Crippen LogP contribution in [0.15, 0.2) is 18.2 Å². The van der Waals surface area contributed by atoms with Gasteiger partial charge in [-0.1, -0.05) is 13.8 Å². The van der Waals surface area contributed by atoms with Crippen molar-refractivity contribution < 1.29 is 13.9 Å². The minimum Gasteiger partial charge on any atom is -0.391 e. The molecular formula is C15H23F2NO. The molecular weight excluding hydrogens is 248 g/mol. The summed E-state index contributed by atoms with van der Waals surface area (Å²) in [5, 5.41) is 10.5. The fourth-order valence-corrected chi connectivity index (χ4v) is 2.75. The molecule has 108 valence electrons. The third-order valence-corrected chi connectivity index (χ3v) is 4.16. The molecule has 0 saturated carbocycles. The number of halogens is 2. The first-order valence-electron chi connectivity index (χ1n) is 6.66. The van der Waals surface area contributed by atoms with E-state index in [4.69, 9.17) is 0 Å². The Hall–Kier alpha value is -1.00. The van der Waals surface area contributed by atoms with Gasteiger partial charge in [-0.3, -0.25) is 0 Å². The van der Waals surface area contributed by atoms with Gasteiger partial charge in [-0.15, -0.1) is 0 Å². The van der Waals surface area contributed by atoms with Crippen molar-refractivity contribution in [2.45, 2.75) is 44.8 Å². The van der Waals surface area contributed by atoms with Gasteiger partial charge in [0.25, 0.3) is 0 Å². The van der Waals surface area contributed by atoms with E-state index in [2.05, 4.69) is 0 Å². The minimum absolute atomic E-state index is 0.115. The van der Waals surface area contributed by atoms with E-state index in [0.717, 1.165) is 31.0 Å². The van der Waals surface area contributed by atoms with Crippen LogP contribution in [0.2, 0.25) is 0 Å². The fourth-order valence-electron chi connectivity index (χ4n) is 2.75. The number of hydrogen-bond donors (Lipinski definition) is 1. The van der Waals surface area contributed by atoms with Crippen LogP contribution in [0, 0.1) is 11.6 Å². The van der Waals surface area contributed by atoms with Crippen LogP contribution in [-0.4, -0.2) is 35.7 Å². The lowest BCUT2D eigenvalue weighted by Crippen LogP contribution is -2.53. The van der Waals surface area contributed by atoms with Crippen LogP contribution in [0.3, 0.4) is 0 Å². The third-order valence-electron chi connectivity index (χ3n) is 4.16. The quantitative estimate of drug-likeness (QED) is 0.860. The van der Waals surface area contributed by atoms with Crippen molar-refractivity contribution in [1.82, 2.24) is 4.90 Å². The first-order valence-corrected chi connectivity index (χ1v) is 6.66. The molecule has 1 N–H and O–H groups in total. The molecule has 0 saturated heterocycles. The van der Waals surface area contributed by atoms with Crippen molar-refractivity contribution in [1.29, 1.82) is 0 Å². The number of aliphatic hydroxyl groups is 1. The molecule has 1 rings (SSSR count). The maximum absolute atomic E-state index is 13.6. The first-order chi connectivity index (χ1) is 8.87. The summed E-state index contributed by atoms with van der Waals surface area (Å²) in [6.45, 7) is 3.99. The van der Waals surface area contributed by atoms with Crippen LogP contribution in [0.5, 0.6) is 0 Å². The molecule has 19 heavy (non-hydrogen) atoms. The normalized spacial score (nSPS) is 13.9. The molecule has 0 aliphatic carbocycles. The fraction of sp³-hybridized carbons (Fsp3) is 0.600. The second kappa shape index (κ2) is 6.44. The summed E-state index contributed by atoms with van der Waals surface area (Å²) >= 11 is 0. The molecule has 0 radical (unpaired) electrons. The zero-order valence-corrected chi connectivity index (χ0v) is 12.1. The molecule has 0 bridgehead atoms.